The second-order valence-electron chi connectivity index (χ2n) is 3.91. The van der Waals surface area contributed by atoms with Crippen LogP contribution in [0, 0.1) is 0 Å². The lowest BCUT2D eigenvalue weighted by atomic mass is 10.2. The molecule has 0 amide bonds. The highest BCUT2D eigenvalue weighted by atomic mass is 35.5. The van der Waals surface area contributed by atoms with Gasteiger partial charge in [-0.25, -0.2) is 0 Å². The molecule has 1 aromatic heterocycles. The molecule has 3 nitrogen and oxygen atoms in total. The second-order valence-corrected chi connectivity index (χ2v) is 5.29. The van der Waals surface area contributed by atoms with E-state index in [9.17, 15) is 0 Å². The minimum absolute atomic E-state index is 0.772. The van der Waals surface area contributed by atoms with E-state index in [0.717, 1.165) is 34.7 Å². The average Bonchev–Trinajstić information content (AvgIpc) is 2.80. The van der Waals surface area contributed by atoms with E-state index in [1.165, 1.54) is 5.56 Å². The van der Waals surface area contributed by atoms with E-state index in [-0.39, 0.29) is 0 Å². The Morgan fingerprint density at radius 2 is 1.89 bits per heavy atom. The zero-order valence-electron chi connectivity index (χ0n) is 10.6. The maximum Gasteiger partial charge on any atom is 0.191 e. The summed E-state index contributed by atoms with van der Waals surface area (Å²) in [7, 11) is 0. The van der Waals surface area contributed by atoms with Gasteiger partial charge in [-0.05, 0) is 24.6 Å². The van der Waals surface area contributed by atoms with Crippen molar-refractivity contribution in [3.8, 4) is 0 Å². The van der Waals surface area contributed by atoms with Crippen LogP contribution in [0.4, 0.5) is 0 Å². The van der Waals surface area contributed by atoms with Gasteiger partial charge in [-0.2, -0.15) is 0 Å². The van der Waals surface area contributed by atoms with Crippen LogP contribution in [-0.2, 0) is 18.7 Å². The summed E-state index contributed by atoms with van der Waals surface area (Å²) in [5.74, 6) is 1.94. The number of rotatable bonds is 5. The maximum atomic E-state index is 5.87. The molecule has 18 heavy (non-hydrogen) atoms. The molecule has 0 spiro atoms. The highest BCUT2D eigenvalue weighted by Crippen LogP contribution is 2.22. The fraction of sp³-hybridized carbons (Fsp3) is 0.385. The molecule has 0 fully saturated rings. The molecule has 2 rings (SSSR count). The Morgan fingerprint density at radius 1 is 1.17 bits per heavy atom. The molecule has 1 aromatic carbocycles. The fourth-order valence-electron chi connectivity index (χ4n) is 1.73. The summed E-state index contributed by atoms with van der Waals surface area (Å²) in [6.45, 7) is 5.14. The van der Waals surface area contributed by atoms with Crippen molar-refractivity contribution in [3.05, 3.63) is 40.7 Å². The molecule has 0 N–H and O–H groups in total. The highest BCUT2D eigenvalue weighted by molar-refractivity contribution is 7.98. The van der Waals surface area contributed by atoms with Crippen molar-refractivity contribution in [3.63, 3.8) is 0 Å². The lowest BCUT2D eigenvalue weighted by molar-refractivity contribution is 0.647. The van der Waals surface area contributed by atoms with Gasteiger partial charge in [0.1, 0.15) is 5.82 Å². The van der Waals surface area contributed by atoms with E-state index < -0.39 is 0 Å². The zero-order valence-corrected chi connectivity index (χ0v) is 12.1. The van der Waals surface area contributed by atoms with Gasteiger partial charge >= 0.3 is 0 Å². The molecule has 0 saturated heterocycles. The minimum atomic E-state index is 0.772. The molecule has 0 aliphatic rings. The second kappa shape index (κ2) is 6.25. The Labute approximate surface area is 117 Å². The van der Waals surface area contributed by atoms with Crippen LogP contribution in [0.5, 0.6) is 0 Å². The van der Waals surface area contributed by atoms with Gasteiger partial charge in [0.2, 0.25) is 0 Å². The number of aryl methyl sites for hydroxylation is 1. The molecule has 2 aromatic rings. The van der Waals surface area contributed by atoms with Gasteiger partial charge in [-0.1, -0.05) is 42.4 Å². The predicted molar refractivity (Wildman–Crippen MR) is 76.1 cm³/mol. The Balaban J connectivity index is 2.06. The Bertz CT molecular complexity index is 507. The average molecular weight is 282 g/mol. The van der Waals surface area contributed by atoms with Crippen LogP contribution in [0.25, 0.3) is 0 Å². The van der Waals surface area contributed by atoms with Crippen molar-refractivity contribution < 1.29 is 0 Å². The summed E-state index contributed by atoms with van der Waals surface area (Å²) in [4.78, 5) is 0. The van der Waals surface area contributed by atoms with Crippen LogP contribution in [0.15, 0.2) is 29.4 Å². The molecule has 0 unspecified atom stereocenters. The fourth-order valence-corrected chi connectivity index (χ4v) is 2.84. The van der Waals surface area contributed by atoms with E-state index in [1.54, 1.807) is 11.8 Å². The summed E-state index contributed by atoms with van der Waals surface area (Å²) < 4.78 is 2.17. The number of aromatic nitrogens is 3. The maximum absolute atomic E-state index is 5.87. The van der Waals surface area contributed by atoms with E-state index in [1.807, 2.05) is 24.3 Å². The van der Waals surface area contributed by atoms with Gasteiger partial charge in [0.05, 0.1) is 0 Å². The molecular formula is C13H16ClN3S. The first-order valence-electron chi connectivity index (χ1n) is 6.04. The Morgan fingerprint density at radius 3 is 2.50 bits per heavy atom. The van der Waals surface area contributed by atoms with Crippen molar-refractivity contribution in [2.45, 2.75) is 37.7 Å². The monoisotopic (exact) mass is 281 g/mol. The first-order valence-corrected chi connectivity index (χ1v) is 7.40. The van der Waals surface area contributed by atoms with Crippen LogP contribution < -0.4 is 0 Å². The van der Waals surface area contributed by atoms with Gasteiger partial charge in [0.15, 0.2) is 5.16 Å². The molecule has 0 bridgehead atoms. The van der Waals surface area contributed by atoms with Crippen molar-refractivity contribution in [1.82, 2.24) is 14.8 Å². The van der Waals surface area contributed by atoms with Gasteiger partial charge in [-0.3, -0.25) is 0 Å². The molecule has 96 valence electrons. The smallest absolute Gasteiger partial charge is 0.191 e. The quantitative estimate of drug-likeness (QED) is 0.781. The standard InChI is InChI=1S/C13H16ClN3S/c1-3-12-15-16-13(17(12)4-2)18-9-10-5-7-11(14)8-6-10/h5-8H,3-4,9H2,1-2H3. The first kappa shape index (κ1) is 13.4. The third-order valence-electron chi connectivity index (χ3n) is 2.71. The van der Waals surface area contributed by atoms with E-state index >= 15 is 0 Å². The Hall–Kier alpha value is -1.00. The number of benzene rings is 1. The topological polar surface area (TPSA) is 30.7 Å². The van der Waals surface area contributed by atoms with Gasteiger partial charge in [0, 0.05) is 23.7 Å². The number of halogens is 1. The van der Waals surface area contributed by atoms with E-state index in [4.69, 9.17) is 11.6 Å². The molecule has 1 heterocycles. The summed E-state index contributed by atoms with van der Waals surface area (Å²) in [6, 6.07) is 7.92. The third-order valence-corrected chi connectivity index (χ3v) is 4.00. The van der Waals surface area contributed by atoms with Crippen LogP contribution in [0.3, 0.4) is 0 Å². The third kappa shape index (κ3) is 3.06. The minimum Gasteiger partial charge on any atom is -0.306 e. The number of hydrogen-bond donors (Lipinski definition) is 0. The normalized spacial score (nSPS) is 10.8. The largest absolute Gasteiger partial charge is 0.306 e. The lowest BCUT2D eigenvalue weighted by Gasteiger charge is -2.05. The summed E-state index contributed by atoms with van der Waals surface area (Å²) >= 11 is 7.58. The number of thioether (sulfide) groups is 1. The summed E-state index contributed by atoms with van der Waals surface area (Å²) in [5.41, 5.74) is 1.24. The van der Waals surface area contributed by atoms with Crippen LogP contribution in [-0.4, -0.2) is 14.8 Å². The molecule has 5 heteroatoms. The molecule has 0 atom stereocenters. The molecule has 0 saturated carbocycles. The first-order chi connectivity index (χ1) is 8.74. The van der Waals surface area contributed by atoms with Crippen LogP contribution in [0.2, 0.25) is 5.02 Å². The van der Waals surface area contributed by atoms with E-state index in [2.05, 4.69) is 28.6 Å². The number of hydrogen-bond acceptors (Lipinski definition) is 3. The van der Waals surface area contributed by atoms with Crippen LogP contribution in [0.1, 0.15) is 25.2 Å². The molecule has 0 aliphatic carbocycles. The molecular weight excluding hydrogens is 266 g/mol. The SMILES string of the molecule is CCc1nnc(SCc2ccc(Cl)cc2)n1CC. The zero-order chi connectivity index (χ0) is 13.0. The number of nitrogens with zero attached hydrogens (tertiary/aromatic N) is 3. The Kier molecular flexibility index (Phi) is 4.66. The van der Waals surface area contributed by atoms with Crippen molar-refractivity contribution in [2.24, 2.45) is 0 Å². The highest BCUT2D eigenvalue weighted by Gasteiger charge is 2.09. The van der Waals surface area contributed by atoms with Gasteiger partial charge < -0.3 is 4.57 Å². The van der Waals surface area contributed by atoms with Gasteiger partial charge in [0.25, 0.3) is 0 Å². The summed E-state index contributed by atoms with van der Waals surface area (Å²) in [5, 5.41) is 10.2. The summed E-state index contributed by atoms with van der Waals surface area (Å²) in [6.07, 6.45) is 0.919. The predicted octanol–water partition coefficient (Wildman–Crippen LogP) is 3.81. The van der Waals surface area contributed by atoms with Crippen molar-refractivity contribution in [2.75, 3.05) is 0 Å². The van der Waals surface area contributed by atoms with E-state index in [0.29, 0.717) is 0 Å². The van der Waals surface area contributed by atoms with Crippen molar-refractivity contribution >= 4 is 23.4 Å². The lowest BCUT2D eigenvalue weighted by Crippen LogP contribution is -2.01. The van der Waals surface area contributed by atoms with Gasteiger partial charge in [-0.15, -0.1) is 10.2 Å². The molecule has 0 radical (unpaired) electrons. The van der Waals surface area contributed by atoms with Crippen molar-refractivity contribution in [1.29, 1.82) is 0 Å². The van der Waals surface area contributed by atoms with Crippen LogP contribution >= 0.6 is 23.4 Å². The molecule has 0 aliphatic heterocycles.